The summed E-state index contributed by atoms with van der Waals surface area (Å²) < 4.78 is 0. The van der Waals surface area contributed by atoms with Gasteiger partial charge in [-0.3, -0.25) is 20.3 Å². The van der Waals surface area contributed by atoms with Crippen molar-refractivity contribution >= 4 is 29.2 Å². The zero-order valence-corrected chi connectivity index (χ0v) is 14.6. The van der Waals surface area contributed by atoms with E-state index in [4.69, 9.17) is 0 Å². The number of hydrogen-bond donors (Lipinski definition) is 3. The van der Waals surface area contributed by atoms with Gasteiger partial charge in [0.2, 0.25) is 0 Å². The molecule has 0 saturated heterocycles. The molecule has 0 unspecified atom stereocenters. The number of para-hydroxylation sites is 2. The minimum atomic E-state index is -0.600. The number of phenolic OH excluding ortho intramolecular Hbond substituents is 1. The molecule has 0 aromatic heterocycles. The van der Waals surface area contributed by atoms with Gasteiger partial charge in [-0.25, -0.2) is 0 Å². The van der Waals surface area contributed by atoms with Crippen LogP contribution in [0.3, 0.4) is 0 Å². The molecule has 3 aromatic rings. The van der Waals surface area contributed by atoms with Crippen molar-refractivity contribution < 1.29 is 14.8 Å². The maximum absolute atomic E-state index is 12.3. The van der Waals surface area contributed by atoms with Crippen molar-refractivity contribution in [3.63, 3.8) is 0 Å². The summed E-state index contributed by atoms with van der Waals surface area (Å²) in [5.41, 5.74) is 3.58. The van der Waals surface area contributed by atoms with Gasteiger partial charge in [0.15, 0.2) is 0 Å². The van der Waals surface area contributed by atoms with E-state index in [2.05, 4.69) is 15.8 Å². The van der Waals surface area contributed by atoms with Gasteiger partial charge in [-0.05, 0) is 36.4 Å². The summed E-state index contributed by atoms with van der Waals surface area (Å²) in [6.45, 7) is 0. The fraction of sp³-hybridized carbons (Fsp3) is 0. The zero-order valence-electron chi connectivity index (χ0n) is 14.6. The Morgan fingerprint density at radius 1 is 1.04 bits per heavy atom. The lowest BCUT2D eigenvalue weighted by Gasteiger charge is -2.07. The molecule has 0 atom stereocenters. The highest BCUT2D eigenvalue weighted by molar-refractivity contribution is 6.05. The van der Waals surface area contributed by atoms with E-state index < -0.39 is 10.8 Å². The Bertz CT molecular complexity index is 1040. The summed E-state index contributed by atoms with van der Waals surface area (Å²) in [6, 6.07) is 19.4. The minimum Gasteiger partial charge on any atom is -0.507 e. The molecule has 0 aliphatic heterocycles. The van der Waals surface area contributed by atoms with Gasteiger partial charge < -0.3 is 10.4 Å². The second-order valence-corrected chi connectivity index (χ2v) is 5.74. The number of nitrogens with zero attached hydrogens (tertiary/aromatic N) is 2. The van der Waals surface area contributed by atoms with Crippen molar-refractivity contribution in [1.29, 1.82) is 0 Å². The largest absolute Gasteiger partial charge is 0.507 e. The molecule has 0 aliphatic carbocycles. The van der Waals surface area contributed by atoms with Gasteiger partial charge in [0, 0.05) is 22.9 Å². The topological polar surface area (TPSA) is 117 Å². The molecule has 3 rings (SSSR count). The minimum absolute atomic E-state index is 0.0375. The van der Waals surface area contributed by atoms with Gasteiger partial charge in [0.05, 0.1) is 11.1 Å². The highest BCUT2D eigenvalue weighted by Crippen LogP contribution is 2.26. The number of benzene rings is 3. The van der Waals surface area contributed by atoms with Crippen LogP contribution >= 0.6 is 0 Å². The van der Waals surface area contributed by atoms with E-state index in [-0.39, 0.29) is 22.7 Å². The van der Waals surface area contributed by atoms with Crippen LogP contribution in [0.25, 0.3) is 0 Å². The van der Waals surface area contributed by atoms with Crippen LogP contribution < -0.4 is 10.7 Å². The Labute approximate surface area is 160 Å². The van der Waals surface area contributed by atoms with Crippen molar-refractivity contribution in [3.05, 3.63) is 94.0 Å². The number of hydrazone groups is 1. The number of rotatable bonds is 6. The molecule has 0 heterocycles. The first-order chi connectivity index (χ1) is 13.5. The number of hydrogen-bond acceptors (Lipinski definition) is 6. The fourth-order valence-corrected chi connectivity index (χ4v) is 2.41. The number of nitrogens with one attached hydrogen (secondary N) is 2. The third-order valence-electron chi connectivity index (χ3n) is 3.81. The van der Waals surface area contributed by atoms with E-state index >= 15 is 0 Å². The van der Waals surface area contributed by atoms with E-state index in [0.717, 1.165) is 0 Å². The average Bonchev–Trinajstić information content (AvgIpc) is 2.70. The lowest BCUT2D eigenvalue weighted by atomic mass is 10.1. The third kappa shape index (κ3) is 4.50. The monoisotopic (exact) mass is 376 g/mol. The molecular formula is C20H16N4O4. The summed E-state index contributed by atoms with van der Waals surface area (Å²) in [4.78, 5) is 23.1. The number of carbonyl (C=O) groups excluding carboxylic acids is 1. The van der Waals surface area contributed by atoms with E-state index in [0.29, 0.717) is 11.3 Å². The molecule has 140 valence electrons. The molecular weight excluding hydrogens is 360 g/mol. The fourth-order valence-electron chi connectivity index (χ4n) is 2.41. The first-order valence-corrected chi connectivity index (χ1v) is 8.26. The van der Waals surface area contributed by atoms with Gasteiger partial charge in [-0.2, -0.15) is 5.10 Å². The molecule has 0 fully saturated rings. The Kier molecular flexibility index (Phi) is 5.61. The van der Waals surface area contributed by atoms with Crippen molar-refractivity contribution in [2.75, 3.05) is 10.7 Å². The highest BCUT2D eigenvalue weighted by atomic mass is 16.6. The maximum Gasteiger partial charge on any atom is 0.294 e. The van der Waals surface area contributed by atoms with Gasteiger partial charge in [0.1, 0.15) is 11.4 Å². The molecule has 0 radical (unpaired) electrons. The summed E-state index contributed by atoms with van der Waals surface area (Å²) in [7, 11) is 0. The Morgan fingerprint density at radius 2 is 1.75 bits per heavy atom. The standard InChI is InChI=1S/C20H16N4O4/c25-19-9-5-4-6-15(19)13-21-23-17-11-10-14(12-18(17)24(27)28)20(26)22-16-7-2-1-3-8-16/h1-13,23,25H,(H,22,26). The molecule has 0 bridgehead atoms. The van der Waals surface area contributed by atoms with Crippen LogP contribution in [0.5, 0.6) is 5.75 Å². The molecule has 3 aromatic carbocycles. The zero-order chi connectivity index (χ0) is 19.9. The molecule has 8 nitrogen and oxygen atoms in total. The smallest absolute Gasteiger partial charge is 0.294 e. The summed E-state index contributed by atoms with van der Waals surface area (Å²) in [5.74, 6) is -0.422. The Hall–Kier alpha value is -4.20. The van der Waals surface area contributed by atoms with Crippen LogP contribution in [0.4, 0.5) is 17.1 Å². The van der Waals surface area contributed by atoms with Crippen molar-refractivity contribution in [3.8, 4) is 5.75 Å². The maximum atomic E-state index is 12.3. The number of aromatic hydroxyl groups is 1. The highest BCUT2D eigenvalue weighted by Gasteiger charge is 2.17. The van der Waals surface area contributed by atoms with Crippen LogP contribution in [0.1, 0.15) is 15.9 Å². The third-order valence-corrected chi connectivity index (χ3v) is 3.81. The molecule has 0 aliphatic rings. The average molecular weight is 376 g/mol. The molecule has 8 heteroatoms. The molecule has 1 amide bonds. The molecule has 3 N–H and O–H groups in total. The van der Waals surface area contributed by atoms with Gasteiger partial charge in [-0.15, -0.1) is 0 Å². The van der Waals surface area contributed by atoms with Crippen LogP contribution in [0, 0.1) is 10.1 Å². The molecule has 0 saturated carbocycles. The van der Waals surface area contributed by atoms with Crippen LogP contribution in [0.2, 0.25) is 0 Å². The van der Waals surface area contributed by atoms with E-state index in [1.54, 1.807) is 42.5 Å². The first-order valence-electron chi connectivity index (χ1n) is 8.26. The predicted octanol–water partition coefficient (Wildman–Crippen LogP) is 4.00. The second-order valence-electron chi connectivity index (χ2n) is 5.74. The summed E-state index contributed by atoms with van der Waals surface area (Å²) >= 11 is 0. The molecule has 0 spiro atoms. The first kappa shape index (κ1) is 18.6. The number of amides is 1. The summed E-state index contributed by atoms with van der Waals surface area (Å²) in [6.07, 6.45) is 1.34. The van der Waals surface area contributed by atoms with Crippen molar-refractivity contribution in [2.24, 2.45) is 5.10 Å². The normalized spacial score (nSPS) is 10.6. The lowest BCUT2D eigenvalue weighted by molar-refractivity contribution is -0.384. The van der Waals surface area contributed by atoms with Gasteiger partial charge in [-0.1, -0.05) is 30.3 Å². The van der Waals surface area contributed by atoms with E-state index in [1.165, 1.54) is 30.5 Å². The predicted molar refractivity (Wildman–Crippen MR) is 107 cm³/mol. The number of nitro benzene ring substituents is 1. The quantitative estimate of drug-likeness (QED) is 0.341. The summed E-state index contributed by atoms with van der Waals surface area (Å²) in [5, 5.41) is 27.7. The SMILES string of the molecule is O=C(Nc1ccccc1)c1ccc(NN=Cc2ccccc2O)c([N+](=O)[O-])c1. The van der Waals surface area contributed by atoms with Crippen LogP contribution in [-0.2, 0) is 0 Å². The number of nitro groups is 1. The second kappa shape index (κ2) is 8.45. The van der Waals surface area contributed by atoms with Crippen LogP contribution in [0.15, 0.2) is 77.9 Å². The number of carbonyl (C=O) groups is 1. The lowest BCUT2D eigenvalue weighted by Crippen LogP contribution is -2.12. The van der Waals surface area contributed by atoms with E-state index in [9.17, 15) is 20.0 Å². The van der Waals surface area contributed by atoms with E-state index in [1.807, 2.05) is 6.07 Å². The number of phenols is 1. The van der Waals surface area contributed by atoms with Gasteiger partial charge >= 0.3 is 0 Å². The Morgan fingerprint density at radius 3 is 2.46 bits per heavy atom. The number of anilines is 2. The Balaban J connectivity index is 1.78. The van der Waals surface area contributed by atoms with Crippen molar-refractivity contribution in [2.45, 2.75) is 0 Å². The van der Waals surface area contributed by atoms with Gasteiger partial charge in [0.25, 0.3) is 11.6 Å². The van der Waals surface area contributed by atoms with Crippen LogP contribution in [-0.4, -0.2) is 22.2 Å². The van der Waals surface area contributed by atoms with Crippen molar-refractivity contribution in [1.82, 2.24) is 0 Å². The molecule has 28 heavy (non-hydrogen) atoms.